The molecular formula is C20H18FNO5S. The summed E-state index contributed by atoms with van der Waals surface area (Å²) in [6.07, 6.45) is 2.42. The lowest BCUT2D eigenvalue weighted by atomic mass is 10.1. The summed E-state index contributed by atoms with van der Waals surface area (Å²) in [5.41, 5.74) is 0.402. The standard InChI is InChI=1S/C20H18FNO5S/c1-3-27-20(24)17-12-22(11-13-4-6-14(21)7-5-13)18-9-8-15(28(2,25)26)10-16(18)19(17)23/h4-10,12H,3,11H2,1-2H3. The topological polar surface area (TPSA) is 82.4 Å². The van der Waals surface area contributed by atoms with Crippen LogP contribution in [0.5, 0.6) is 0 Å². The van der Waals surface area contributed by atoms with Gasteiger partial charge in [0.05, 0.1) is 17.0 Å². The summed E-state index contributed by atoms with van der Waals surface area (Å²) in [6, 6.07) is 10.00. The second-order valence-corrected chi connectivity index (χ2v) is 8.31. The van der Waals surface area contributed by atoms with Crippen LogP contribution in [0.15, 0.2) is 58.4 Å². The molecule has 0 fully saturated rings. The minimum Gasteiger partial charge on any atom is -0.462 e. The van der Waals surface area contributed by atoms with Crippen LogP contribution in [0.2, 0.25) is 0 Å². The number of nitrogens with zero attached hydrogens (tertiary/aromatic N) is 1. The zero-order valence-corrected chi connectivity index (χ0v) is 16.1. The van der Waals surface area contributed by atoms with Crippen LogP contribution in [0.25, 0.3) is 10.9 Å². The highest BCUT2D eigenvalue weighted by Crippen LogP contribution is 2.19. The van der Waals surface area contributed by atoms with Crippen molar-refractivity contribution in [1.82, 2.24) is 4.57 Å². The van der Waals surface area contributed by atoms with Crippen molar-refractivity contribution < 1.29 is 22.3 Å². The van der Waals surface area contributed by atoms with Gasteiger partial charge in [-0.05, 0) is 42.8 Å². The van der Waals surface area contributed by atoms with Gasteiger partial charge in [-0.2, -0.15) is 0 Å². The molecule has 0 unspecified atom stereocenters. The Balaban J connectivity index is 2.26. The summed E-state index contributed by atoms with van der Waals surface area (Å²) in [7, 11) is -3.54. The summed E-state index contributed by atoms with van der Waals surface area (Å²) >= 11 is 0. The third-order valence-electron chi connectivity index (χ3n) is 4.24. The van der Waals surface area contributed by atoms with Crippen LogP contribution in [-0.2, 0) is 21.1 Å². The number of hydrogen-bond acceptors (Lipinski definition) is 5. The Morgan fingerprint density at radius 1 is 1.14 bits per heavy atom. The molecule has 0 bridgehead atoms. The molecule has 0 aliphatic heterocycles. The Morgan fingerprint density at radius 3 is 2.43 bits per heavy atom. The first-order valence-electron chi connectivity index (χ1n) is 8.49. The number of ether oxygens (including phenoxy) is 1. The molecule has 0 aliphatic rings. The van der Waals surface area contributed by atoms with Crippen LogP contribution in [0.3, 0.4) is 0 Å². The predicted molar refractivity (Wildman–Crippen MR) is 103 cm³/mol. The minimum absolute atomic E-state index is 0.0218. The molecule has 28 heavy (non-hydrogen) atoms. The van der Waals surface area contributed by atoms with E-state index < -0.39 is 21.2 Å². The molecule has 146 valence electrons. The number of esters is 1. The lowest BCUT2D eigenvalue weighted by molar-refractivity contribution is 0.0524. The van der Waals surface area contributed by atoms with Gasteiger partial charge in [0.15, 0.2) is 9.84 Å². The Hall–Kier alpha value is -3.00. The SMILES string of the molecule is CCOC(=O)c1cn(Cc2ccc(F)cc2)c2ccc(S(C)(=O)=O)cc2c1=O. The molecule has 0 N–H and O–H groups in total. The van der Waals surface area contributed by atoms with E-state index in [1.54, 1.807) is 23.6 Å². The number of halogens is 1. The van der Waals surface area contributed by atoms with Crippen LogP contribution in [0, 0.1) is 5.82 Å². The van der Waals surface area contributed by atoms with Gasteiger partial charge in [0.25, 0.3) is 0 Å². The van der Waals surface area contributed by atoms with Crippen molar-refractivity contribution in [3.8, 4) is 0 Å². The molecule has 0 spiro atoms. The monoisotopic (exact) mass is 403 g/mol. The second-order valence-electron chi connectivity index (χ2n) is 6.30. The molecule has 0 radical (unpaired) electrons. The van der Waals surface area contributed by atoms with Crippen LogP contribution in [-0.4, -0.2) is 31.8 Å². The maximum absolute atomic E-state index is 13.2. The van der Waals surface area contributed by atoms with Gasteiger partial charge in [-0.1, -0.05) is 12.1 Å². The van der Waals surface area contributed by atoms with Crippen LogP contribution in [0.4, 0.5) is 4.39 Å². The van der Waals surface area contributed by atoms with Gasteiger partial charge in [0.2, 0.25) is 5.43 Å². The predicted octanol–water partition coefficient (Wildman–Crippen LogP) is 2.77. The number of hydrogen-bond donors (Lipinski definition) is 0. The van der Waals surface area contributed by atoms with Gasteiger partial charge in [0.1, 0.15) is 11.4 Å². The summed E-state index contributed by atoms with van der Waals surface area (Å²) in [4.78, 5) is 25.0. The zero-order chi connectivity index (χ0) is 20.5. The lowest BCUT2D eigenvalue weighted by Gasteiger charge is -2.14. The number of carbonyl (C=O) groups is 1. The normalized spacial score (nSPS) is 11.5. The number of pyridine rings is 1. The fourth-order valence-electron chi connectivity index (χ4n) is 2.88. The smallest absolute Gasteiger partial charge is 0.343 e. The second kappa shape index (κ2) is 7.55. The molecule has 3 aromatic rings. The fraction of sp³-hybridized carbons (Fsp3) is 0.200. The summed E-state index contributed by atoms with van der Waals surface area (Å²) < 4.78 is 43.5. The fourth-order valence-corrected chi connectivity index (χ4v) is 3.53. The van der Waals surface area contributed by atoms with Crippen molar-refractivity contribution in [1.29, 1.82) is 0 Å². The van der Waals surface area contributed by atoms with Gasteiger partial charge in [-0.3, -0.25) is 4.79 Å². The molecule has 1 heterocycles. The number of sulfone groups is 1. The lowest BCUT2D eigenvalue weighted by Crippen LogP contribution is -2.21. The molecule has 0 saturated carbocycles. The van der Waals surface area contributed by atoms with Crippen molar-refractivity contribution in [2.75, 3.05) is 12.9 Å². The van der Waals surface area contributed by atoms with Crippen molar-refractivity contribution in [2.24, 2.45) is 0 Å². The van der Waals surface area contributed by atoms with E-state index in [9.17, 15) is 22.4 Å². The number of carbonyl (C=O) groups excluding carboxylic acids is 1. The van der Waals surface area contributed by atoms with Crippen LogP contribution in [0.1, 0.15) is 22.8 Å². The molecule has 3 rings (SSSR count). The first-order valence-corrected chi connectivity index (χ1v) is 10.4. The van der Waals surface area contributed by atoms with Crippen molar-refractivity contribution >= 4 is 26.7 Å². The van der Waals surface area contributed by atoms with E-state index in [0.717, 1.165) is 11.8 Å². The van der Waals surface area contributed by atoms with E-state index in [2.05, 4.69) is 0 Å². The number of aromatic nitrogens is 1. The molecule has 0 saturated heterocycles. The summed E-state index contributed by atoms with van der Waals surface area (Å²) in [5.74, 6) is -1.16. The van der Waals surface area contributed by atoms with Crippen molar-refractivity contribution in [2.45, 2.75) is 18.4 Å². The first kappa shape index (κ1) is 19.8. The van der Waals surface area contributed by atoms with Gasteiger partial charge >= 0.3 is 5.97 Å². The van der Waals surface area contributed by atoms with E-state index in [4.69, 9.17) is 4.74 Å². The van der Waals surface area contributed by atoms with E-state index in [1.165, 1.54) is 36.5 Å². The van der Waals surface area contributed by atoms with E-state index in [-0.39, 0.29) is 34.8 Å². The summed E-state index contributed by atoms with van der Waals surface area (Å²) in [5, 5.41) is 0.0931. The van der Waals surface area contributed by atoms with Gasteiger partial charge in [0, 0.05) is 24.4 Å². The highest BCUT2D eigenvalue weighted by atomic mass is 32.2. The molecular weight excluding hydrogens is 385 g/mol. The Morgan fingerprint density at radius 2 is 1.82 bits per heavy atom. The largest absolute Gasteiger partial charge is 0.462 e. The van der Waals surface area contributed by atoms with Gasteiger partial charge in [-0.15, -0.1) is 0 Å². The van der Waals surface area contributed by atoms with E-state index in [1.807, 2.05) is 0 Å². The molecule has 0 atom stereocenters. The molecule has 6 nitrogen and oxygen atoms in total. The van der Waals surface area contributed by atoms with Crippen molar-refractivity contribution in [3.05, 3.63) is 75.8 Å². The van der Waals surface area contributed by atoms with Crippen molar-refractivity contribution in [3.63, 3.8) is 0 Å². The quantitative estimate of drug-likeness (QED) is 0.612. The van der Waals surface area contributed by atoms with Gasteiger partial charge in [-0.25, -0.2) is 17.6 Å². The third kappa shape index (κ3) is 3.96. The highest BCUT2D eigenvalue weighted by Gasteiger charge is 2.18. The minimum atomic E-state index is -3.54. The zero-order valence-electron chi connectivity index (χ0n) is 15.3. The van der Waals surface area contributed by atoms with Gasteiger partial charge < -0.3 is 9.30 Å². The maximum Gasteiger partial charge on any atom is 0.343 e. The number of fused-ring (bicyclic) bond motifs is 1. The molecule has 2 aromatic carbocycles. The van der Waals surface area contributed by atoms with E-state index >= 15 is 0 Å². The summed E-state index contributed by atoms with van der Waals surface area (Å²) in [6.45, 7) is 1.97. The maximum atomic E-state index is 13.2. The average Bonchev–Trinajstić information content (AvgIpc) is 2.64. The first-order chi connectivity index (χ1) is 13.2. The molecule has 1 aromatic heterocycles. The number of benzene rings is 2. The highest BCUT2D eigenvalue weighted by molar-refractivity contribution is 7.90. The number of rotatable bonds is 5. The Labute approximate surface area is 161 Å². The van der Waals surface area contributed by atoms with Crippen LogP contribution >= 0.6 is 0 Å². The van der Waals surface area contributed by atoms with Crippen LogP contribution < -0.4 is 5.43 Å². The molecule has 0 amide bonds. The third-order valence-corrected chi connectivity index (χ3v) is 5.35. The Bertz CT molecular complexity index is 1210. The molecule has 8 heteroatoms. The Kier molecular flexibility index (Phi) is 5.33. The van der Waals surface area contributed by atoms with E-state index in [0.29, 0.717) is 5.52 Å². The average molecular weight is 403 g/mol. The molecule has 0 aliphatic carbocycles.